The highest BCUT2D eigenvalue weighted by Gasteiger charge is 2.09. The van der Waals surface area contributed by atoms with Crippen LogP contribution in [0, 0.1) is 6.92 Å². The second-order valence-corrected chi connectivity index (χ2v) is 3.48. The predicted octanol–water partition coefficient (Wildman–Crippen LogP) is 2.51. The van der Waals surface area contributed by atoms with Crippen LogP contribution in [0.2, 0.25) is 0 Å². The highest BCUT2D eigenvalue weighted by atomic mass is 16.6. The number of aryl methyl sites for hydroxylation is 1. The van der Waals surface area contributed by atoms with Crippen molar-refractivity contribution in [2.75, 3.05) is 12.4 Å². The highest BCUT2D eigenvalue weighted by Crippen LogP contribution is 2.09. The number of carbonyl (C=O) groups is 1. The van der Waals surface area contributed by atoms with Crippen LogP contribution in [0.3, 0.4) is 0 Å². The number of oxime groups is 1. The van der Waals surface area contributed by atoms with Gasteiger partial charge in [-0.2, -0.15) is 0 Å². The van der Waals surface area contributed by atoms with E-state index in [4.69, 9.17) is 0 Å². The van der Waals surface area contributed by atoms with Gasteiger partial charge in [0.05, 0.1) is 0 Å². The van der Waals surface area contributed by atoms with E-state index in [-0.39, 0.29) is 11.6 Å². The first kappa shape index (κ1) is 13.0. The van der Waals surface area contributed by atoms with E-state index >= 15 is 0 Å². The third-order valence-corrected chi connectivity index (χ3v) is 2.02. The van der Waals surface area contributed by atoms with E-state index in [1.807, 2.05) is 38.1 Å². The Balaban J connectivity index is 2.80. The highest BCUT2D eigenvalue weighted by molar-refractivity contribution is 6.46. The lowest BCUT2D eigenvalue weighted by molar-refractivity contribution is -0.110. The van der Waals surface area contributed by atoms with Crippen LogP contribution >= 0.6 is 0 Å². The lowest BCUT2D eigenvalue weighted by Crippen LogP contribution is -2.21. The van der Waals surface area contributed by atoms with E-state index in [0.29, 0.717) is 0 Å². The van der Waals surface area contributed by atoms with Crippen molar-refractivity contribution in [2.45, 2.75) is 13.8 Å². The number of rotatable bonds is 4. The molecule has 1 rings (SSSR count). The normalized spacial score (nSPS) is 11.6. The molecule has 0 aliphatic carbocycles. The minimum absolute atomic E-state index is 0.233. The van der Waals surface area contributed by atoms with Gasteiger partial charge in [-0.15, -0.1) is 0 Å². The van der Waals surface area contributed by atoms with E-state index in [2.05, 4.69) is 15.3 Å². The van der Waals surface area contributed by atoms with Gasteiger partial charge in [-0.3, -0.25) is 4.79 Å². The first-order chi connectivity index (χ1) is 8.17. The summed E-state index contributed by atoms with van der Waals surface area (Å²) < 4.78 is 0. The minimum atomic E-state index is -0.296. The second kappa shape index (κ2) is 6.48. The van der Waals surface area contributed by atoms with Gasteiger partial charge >= 0.3 is 0 Å². The molecular formula is C13H16N2O2. The fourth-order valence-electron chi connectivity index (χ4n) is 1.32. The zero-order valence-corrected chi connectivity index (χ0v) is 10.2. The number of carbonyl (C=O) groups excluding carboxylic acids is 1. The summed E-state index contributed by atoms with van der Waals surface area (Å²) in [6.45, 7) is 3.77. The lowest BCUT2D eigenvalue weighted by Gasteiger charge is -2.05. The molecule has 0 radical (unpaired) electrons. The number of allylic oxidation sites excluding steroid dienone is 1. The van der Waals surface area contributed by atoms with Gasteiger partial charge in [-0.05, 0) is 37.6 Å². The van der Waals surface area contributed by atoms with Crippen LogP contribution in [0.5, 0.6) is 0 Å². The van der Waals surface area contributed by atoms with Gasteiger partial charge in [-0.1, -0.05) is 23.4 Å². The number of hydrogen-bond acceptors (Lipinski definition) is 3. The molecule has 90 valence electrons. The summed E-state index contributed by atoms with van der Waals surface area (Å²) in [5, 5.41) is 6.40. The molecule has 0 spiro atoms. The molecular weight excluding hydrogens is 216 g/mol. The van der Waals surface area contributed by atoms with E-state index in [1.165, 1.54) is 7.11 Å². The molecule has 1 aromatic rings. The quantitative estimate of drug-likeness (QED) is 0.640. The number of hydrogen-bond donors (Lipinski definition) is 1. The van der Waals surface area contributed by atoms with Crippen molar-refractivity contribution in [1.82, 2.24) is 0 Å². The Labute approximate surface area is 101 Å². The number of nitrogens with zero attached hydrogens (tertiary/aromatic N) is 1. The maximum absolute atomic E-state index is 11.8. The van der Waals surface area contributed by atoms with Crippen molar-refractivity contribution < 1.29 is 9.63 Å². The van der Waals surface area contributed by atoms with Crippen LogP contribution in [0.25, 0.3) is 0 Å². The monoisotopic (exact) mass is 232 g/mol. The van der Waals surface area contributed by atoms with Crippen LogP contribution in [0.15, 0.2) is 41.6 Å². The number of benzene rings is 1. The Kier molecular flexibility index (Phi) is 4.94. The van der Waals surface area contributed by atoms with E-state index in [1.54, 1.807) is 12.2 Å². The van der Waals surface area contributed by atoms with E-state index in [9.17, 15) is 4.79 Å². The van der Waals surface area contributed by atoms with E-state index in [0.717, 1.165) is 11.3 Å². The SMILES string of the molecule is C/C=C/C(=N\OC)C(=O)Nc1cccc(C)c1. The topological polar surface area (TPSA) is 50.7 Å². The molecule has 0 saturated carbocycles. The molecule has 0 aliphatic rings. The summed E-state index contributed by atoms with van der Waals surface area (Å²) in [5.74, 6) is -0.296. The molecule has 1 N–H and O–H groups in total. The Hall–Kier alpha value is -2.10. The summed E-state index contributed by atoms with van der Waals surface area (Å²) >= 11 is 0. The molecule has 0 heterocycles. The van der Waals surface area contributed by atoms with E-state index < -0.39 is 0 Å². The maximum Gasteiger partial charge on any atom is 0.277 e. The standard InChI is InChI=1S/C13H16N2O2/c1-4-6-12(15-17-3)13(16)14-11-8-5-7-10(2)9-11/h4-9H,1-3H3,(H,14,16)/b6-4+,15-12+. The molecule has 0 bridgehead atoms. The van der Waals surface area contributed by atoms with Crippen LogP contribution in [-0.4, -0.2) is 18.7 Å². The summed E-state index contributed by atoms with van der Waals surface area (Å²) in [6, 6.07) is 7.56. The summed E-state index contributed by atoms with van der Waals surface area (Å²) in [6.07, 6.45) is 3.32. The Morgan fingerprint density at radius 2 is 2.24 bits per heavy atom. The second-order valence-electron chi connectivity index (χ2n) is 3.48. The zero-order valence-electron chi connectivity index (χ0n) is 10.2. The maximum atomic E-state index is 11.8. The van der Waals surface area contributed by atoms with Gasteiger partial charge in [0, 0.05) is 5.69 Å². The van der Waals surface area contributed by atoms with Gasteiger partial charge in [0.25, 0.3) is 5.91 Å². The van der Waals surface area contributed by atoms with Gasteiger partial charge in [0.15, 0.2) is 5.71 Å². The average Bonchev–Trinajstić information content (AvgIpc) is 2.28. The first-order valence-corrected chi connectivity index (χ1v) is 5.29. The van der Waals surface area contributed by atoms with Crippen LogP contribution in [-0.2, 0) is 9.63 Å². The van der Waals surface area contributed by atoms with Gasteiger partial charge in [0.2, 0.25) is 0 Å². The molecule has 0 fully saturated rings. The molecule has 4 heteroatoms. The molecule has 1 amide bonds. The molecule has 0 atom stereocenters. The van der Waals surface area contributed by atoms with Crippen molar-refractivity contribution in [3.63, 3.8) is 0 Å². The molecule has 0 aliphatic heterocycles. The summed E-state index contributed by atoms with van der Waals surface area (Å²) in [4.78, 5) is 16.4. The Bertz CT molecular complexity index is 450. The van der Waals surface area contributed by atoms with Crippen molar-refractivity contribution in [3.8, 4) is 0 Å². The van der Waals surface area contributed by atoms with Gasteiger partial charge < -0.3 is 10.2 Å². The number of amides is 1. The van der Waals surface area contributed by atoms with Crippen LogP contribution in [0.1, 0.15) is 12.5 Å². The summed E-state index contributed by atoms with van der Waals surface area (Å²) in [7, 11) is 1.41. The smallest absolute Gasteiger partial charge is 0.277 e. The van der Waals surface area contributed by atoms with Crippen molar-refractivity contribution in [2.24, 2.45) is 5.16 Å². The molecule has 1 aromatic carbocycles. The van der Waals surface area contributed by atoms with Crippen molar-refractivity contribution in [1.29, 1.82) is 0 Å². The van der Waals surface area contributed by atoms with Gasteiger partial charge in [-0.25, -0.2) is 0 Å². The summed E-state index contributed by atoms with van der Waals surface area (Å²) in [5.41, 5.74) is 2.05. The molecule has 0 unspecified atom stereocenters. The fraction of sp³-hybridized carbons (Fsp3) is 0.231. The number of anilines is 1. The molecule has 0 aromatic heterocycles. The van der Waals surface area contributed by atoms with Crippen molar-refractivity contribution in [3.05, 3.63) is 42.0 Å². The van der Waals surface area contributed by atoms with Crippen LogP contribution < -0.4 is 5.32 Å². The van der Waals surface area contributed by atoms with Crippen LogP contribution in [0.4, 0.5) is 5.69 Å². The first-order valence-electron chi connectivity index (χ1n) is 5.29. The Morgan fingerprint density at radius 3 is 2.82 bits per heavy atom. The molecule has 4 nitrogen and oxygen atoms in total. The molecule has 17 heavy (non-hydrogen) atoms. The third kappa shape index (κ3) is 4.10. The number of nitrogens with one attached hydrogen (secondary N) is 1. The van der Waals surface area contributed by atoms with Gasteiger partial charge in [0.1, 0.15) is 7.11 Å². The minimum Gasteiger partial charge on any atom is -0.398 e. The van der Waals surface area contributed by atoms with Crippen molar-refractivity contribution >= 4 is 17.3 Å². The zero-order chi connectivity index (χ0) is 12.7. The molecule has 0 saturated heterocycles. The third-order valence-electron chi connectivity index (χ3n) is 2.02. The predicted molar refractivity (Wildman–Crippen MR) is 69.1 cm³/mol. The fourth-order valence-corrected chi connectivity index (χ4v) is 1.32. The average molecular weight is 232 g/mol. The largest absolute Gasteiger partial charge is 0.398 e. The lowest BCUT2D eigenvalue weighted by atomic mass is 10.2. The Morgan fingerprint density at radius 1 is 1.47 bits per heavy atom.